The van der Waals surface area contributed by atoms with Crippen LogP contribution >= 0.6 is 0 Å². The average Bonchev–Trinajstić information content (AvgIpc) is 3.88. The van der Waals surface area contributed by atoms with Gasteiger partial charge in [-0.2, -0.15) is 0 Å². The van der Waals surface area contributed by atoms with E-state index in [2.05, 4.69) is 15.2 Å². The fourth-order valence-electron chi connectivity index (χ4n) is 12.0. The zero-order valence-corrected chi connectivity index (χ0v) is 34.8. The molecule has 1 aliphatic carbocycles. The van der Waals surface area contributed by atoms with Crippen LogP contribution in [0, 0.1) is 23.0 Å². The van der Waals surface area contributed by atoms with Gasteiger partial charge in [-0.05, 0) is 92.5 Å². The van der Waals surface area contributed by atoms with E-state index in [1.54, 1.807) is 12.1 Å². The van der Waals surface area contributed by atoms with Gasteiger partial charge in [0.1, 0.15) is 17.7 Å². The van der Waals surface area contributed by atoms with Crippen LogP contribution in [0.15, 0.2) is 48.5 Å². The van der Waals surface area contributed by atoms with E-state index in [0.29, 0.717) is 69.9 Å². The Balaban J connectivity index is 0.694. The van der Waals surface area contributed by atoms with Crippen molar-refractivity contribution in [3.8, 4) is 0 Å². The quantitative estimate of drug-likeness (QED) is 0.180. The largest absolute Gasteiger partial charge is 0.370 e. The number of carbonyl (C=O) groups excluding carboxylic acids is 5. The Labute approximate surface area is 360 Å². The van der Waals surface area contributed by atoms with Crippen LogP contribution in [0.1, 0.15) is 100 Å². The Hall–Kier alpha value is -5.61. The Bertz CT molecular complexity index is 2560. The number of anilines is 1. The first-order valence-corrected chi connectivity index (χ1v) is 22.0. The maximum atomic E-state index is 16.2. The first kappa shape index (κ1) is 40.2. The fraction of sp³-hybridized carbons (Fsp3) is 0.468. The minimum absolute atomic E-state index is 0.0643. The van der Waals surface area contributed by atoms with Crippen molar-refractivity contribution in [3.05, 3.63) is 99.2 Å². The molecule has 1 saturated carbocycles. The summed E-state index contributed by atoms with van der Waals surface area (Å²) in [6, 6.07) is 11.6. The number of hydrogen-bond acceptors (Lipinski definition) is 8. The minimum Gasteiger partial charge on any atom is -0.370 e. The number of benzene rings is 3. The number of rotatable bonds is 7. The molecule has 0 bridgehead atoms. The number of H-pyrrole nitrogens is 1. The van der Waals surface area contributed by atoms with Gasteiger partial charge in [0.05, 0.1) is 23.7 Å². The molecule has 7 aliphatic rings. The van der Waals surface area contributed by atoms with Gasteiger partial charge < -0.3 is 14.8 Å². The van der Waals surface area contributed by atoms with Crippen molar-refractivity contribution in [2.45, 2.75) is 95.6 Å². The van der Waals surface area contributed by atoms with Gasteiger partial charge >= 0.3 is 0 Å². The molecule has 1 aromatic heterocycles. The number of aromatic amines is 1. The predicted molar refractivity (Wildman–Crippen MR) is 222 cm³/mol. The van der Waals surface area contributed by atoms with Crippen LogP contribution in [0.25, 0.3) is 10.9 Å². The highest BCUT2D eigenvalue weighted by Gasteiger charge is 2.55. The smallest absolute Gasteiger partial charge is 0.262 e. The minimum atomic E-state index is -2.68. The highest BCUT2D eigenvalue weighted by molar-refractivity contribution is 6.23. The molecule has 0 radical (unpaired) electrons. The van der Waals surface area contributed by atoms with Gasteiger partial charge in [-0.1, -0.05) is 18.2 Å². The number of imide groups is 2. The summed E-state index contributed by atoms with van der Waals surface area (Å²) in [5, 5.41) is 3.15. The van der Waals surface area contributed by atoms with E-state index < -0.39 is 60.3 Å². The number of halogens is 4. The van der Waals surface area contributed by atoms with Crippen molar-refractivity contribution >= 4 is 46.1 Å². The van der Waals surface area contributed by atoms with Crippen molar-refractivity contribution in [3.63, 3.8) is 0 Å². The lowest BCUT2D eigenvalue weighted by atomic mass is 9.57. The summed E-state index contributed by atoms with van der Waals surface area (Å²) in [5.74, 6) is -3.59. The van der Waals surface area contributed by atoms with Gasteiger partial charge in [0.25, 0.3) is 18.2 Å². The number of carbonyl (C=O) groups is 5. The molecule has 3 saturated heterocycles. The molecule has 6 aliphatic heterocycles. The molecule has 4 aromatic rings. The maximum absolute atomic E-state index is 16.2. The average molecular weight is 866 g/mol. The normalized spacial score (nSPS) is 25.2. The van der Waals surface area contributed by atoms with E-state index in [-0.39, 0.29) is 58.9 Å². The summed E-state index contributed by atoms with van der Waals surface area (Å²) in [5.41, 5.74) is 4.80. The molecular formula is C47H47F4N7O5. The molecule has 12 nitrogen and oxygen atoms in total. The predicted octanol–water partition coefficient (Wildman–Crippen LogP) is 5.67. The molecule has 5 amide bonds. The van der Waals surface area contributed by atoms with Crippen molar-refractivity contribution in [1.29, 1.82) is 0 Å². The zero-order chi connectivity index (χ0) is 43.6. The van der Waals surface area contributed by atoms with Gasteiger partial charge in [-0.3, -0.25) is 44.0 Å². The monoisotopic (exact) mass is 865 g/mol. The van der Waals surface area contributed by atoms with Crippen LogP contribution < -0.4 is 10.2 Å². The summed E-state index contributed by atoms with van der Waals surface area (Å²) in [7, 11) is 0. The summed E-state index contributed by atoms with van der Waals surface area (Å²) >= 11 is 0. The van der Waals surface area contributed by atoms with Crippen molar-refractivity contribution in [1.82, 2.24) is 29.9 Å². The lowest BCUT2D eigenvalue weighted by Gasteiger charge is -2.60. The molecular weight excluding hydrogens is 819 g/mol. The Morgan fingerprint density at radius 3 is 2.17 bits per heavy atom. The van der Waals surface area contributed by atoms with Crippen molar-refractivity contribution in [2.24, 2.45) is 11.3 Å². The van der Waals surface area contributed by atoms with E-state index in [0.717, 1.165) is 45.3 Å². The molecule has 7 heterocycles. The van der Waals surface area contributed by atoms with Crippen LogP contribution in [0.3, 0.4) is 0 Å². The van der Waals surface area contributed by atoms with Gasteiger partial charge in [0.2, 0.25) is 17.7 Å². The van der Waals surface area contributed by atoms with Crippen LogP contribution in [-0.2, 0) is 33.9 Å². The Morgan fingerprint density at radius 1 is 0.889 bits per heavy atom. The molecule has 1 spiro atoms. The number of likely N-dealkylation sites (tertiary alicyclic amines) is 1. The maximum Gasteiger partial charge on any atom is 0.262 e. The number of para-hydroxylation sites is 1. The van der Waals surface area contributed by atoms with E-state index in [1.165, 1.54) is 17.0 Å². The molecule has 328 valence electrons. The number of alkyl halides is 2. The zero-order valence-electron chi connectivity index (χ0n) is 34.8. The molecule has 11 rings (SSSR count). The van der Waals surface area contributed by atoms with Crippen LogP contribution in [0.5, 0.6) is 0 Å². The summed E-state index contributed by atoms with van der Waals surface area (Å²) < 4.78 is 60.3. The highest BCUT2D eigenvalue weighted by Crippen LogP contribution is 2.54. The lowest BCUT2D eigenvalue weighted by molar-refractivity contribution is -0.146. The first-order valence-electron chi connectivity index (χ1n) is 22.0. The summed E-state index contributed by atoms with van der Waals surface area (Å²) in [6.07, 6.45) is 0.971. The highest BCUT2D eigenvalue weighted by atomic mass is 19.3. The SMILES string of the molecule is C[C@@H]1Cc2c([nH]c3ccccc23)[C@@H](c2c(F)cc(N3CC4(CC(C(=O)N5CCC(N6Cc7cc8c(cc7C6)C(=O)N(C6CCC(=O)NC6=O)C8=O)CC5)C4)C3)cc2F)N1CC(F)F. The number of nitrogens with one attached hydrogen (secondary N) is 2. The van der Waals surface area contributed by atoms with E-state index >= 15 is 8.78 Å². The molecule has 4 fully saturated rings. The van der Waals surface area contributed by atoms with Gasteiger partial charge in [0.15, 0.2) is 0 Å². The Kier molecular flexibility index (Phi) is 9.39. The van der Waals surface area contributed by atoms with Crippen molar-refractivity contribution < 1.29 is 41.5 Å². The van der Waals surface area contributed by atoms with Crippen LogP contribution in [0.4, 0.5) is 23.2 Å². The molecule has 16 heteroatoms. The second-order valence-corrected chi connectivity index (χ2v) is 19.0. The second-order valence-electron chi connectivity index (χ2n) is 19.0. The van der Waals surface area contributed by atoms with Crippen molar-refractivity contribution in [2.75, 3.05) is 37.6 Å². The number of piperidine rings is 2. The van der Waals surface area contributed by atoms with Crippen LogP contribution in [-0.4, -0.2) is 111 Å². The number of hydrogen-bond donors (Lipinski definition) is 2. The standard InChI is InChI=1S/C47H47F4N7O5/c1-24-12-31-30-4-2-3-5-36(30)52-41(31)42(57(24)21-38(50)51)40-34(48)15-29(16-35(40)49)56-22-47(23-56)17-27(18-47)44(61)54-10-8-28(9-11-54)55-19-25-13-32-33(14-26(25)20-55)46(63)58(45(32)62)37-6-7-39(59)53-43(37)60/h2-5,13-16,24,27-28,37-38,42,52H,6-12,17-23H2,1H3,(H,53,59,60)/t24-,37?,42-/m1/s1. The second kappa shape index (κ2) is 14.7. The van der Waals surface area contributed by atoms with Gasteiger partial charge in [-0.25, -0.2) is 17.6 Å². The van der Waals surface area contributed by atoms with E-state index in [4.69, 9.17) is 0 Å². The number of aromatic nitrogens is 1. The fourth-order valence-corrected chi connectivity index (χ4v) is 12.0. The first-order chi connectivity index (χ1) is 30.3. The van der Waals surface area contributed by atoms with E-state index in [9.17, 15) is 32.8 Å². The van der Waals surface area contributed by atoms with Crippen LogP contribution in [0.2, 0.25) is 0 Å². The third kappa shape index (κ3) is 6.48. The molecule has 2 N–H and O–H groups in total. The third-order valence-electron chi connectivity index (χ3n) is 15.1. The molecule has 3 aromatic carbocycles. The molecule has 3 atom stereocenters. The third-order valence-corrected chi connectivity index (χ3v) is 15.1. The molecule has 63 heavy (non-hydrogen) atoms. The topological polar surface area (TPSA) is 129 Å². The number of amides is 5. The summed E-state index contributed by atoms with van der Waals surface area (Å²) in [4.78, 5) is 76.6. The lowest BCUT2D eigenvalue weighted by Crippen LogP contribution is -2.64. The number of fused-ring (bicyclic) bond motifs is 5. The summed E-state index contributed by atoms with van der Waals surface area (Å²) in [6.45, 7) is 4.83. The number of nitrogens with zero attached hydrogens (tertiary/aromatic N) is 5. The van der Waals surface area contributed by atoms with Gasteiger partial charge in [0, 0.05) is 97.0 Å². The Morgan fingerprint density at radius 2 is 1.54 bits per heavy atom. The van der Waals surface area contributed by atoms with E-state index in [1.807, 2.05) is 41.0 Å². The molecule has 1 unspecified atom stereocenters. The van der Waals surface area contributed by atoms with Gasteiger partial charge in [-0.15, -0.1) is 0 Å².